The van der Waals surface area contributed by atoms with E-state index in [2.05, 4.69) is 5.32 Å². The number of carbonyl (C=O) groups is 1. The maximum atomic E-state index is 12.6. The molecule has 0 atom stereocenters. The Morgan fingerprint density at radius 3 is 2.12 bits per heavy atom. The minimum atomic E-state index is -3.52. The molecule has 0 bridgehead atoms. The Kier molecular flexibility index (Phi) is 5.87. The van der Waals surface area contributed by atoms with Crippen molar-refractivity contribution in [3.63, 3.8) is 0 Å². The van der Waals surface area contributed by atoms with E-state index in [0.717, 1.165) is 0 Å². The van der Waals surface area contributed by atoms with Crippen molar-refractivity contribution in [2.24, 2.45) is 5.92 Å². The van der Waals surface area contributed by atoms with Crippen LogP contribution in [0.5, 0.6) is 0 Å². The van der Waals surface area contributed by atoms with Crippen molar-refractivity contribution in [2.75, 3.05) is 18.4 Å². The van der Waals surface area contributed by atoms with Gasteiger partial charge < -0.3 is 5.32 Å². The van der Waals surface area contributed by atoms with Crippen LogP contribution in [0.3, 0.4) is 0 Å². The summed E-state index contributed by atoms with van der Waals surface area (Å²) in [5.74, 6) is -0.485. The van der Waals surface area contributed by atoms with Gasteiger partial charge >= 0.3 is 0 Å². The molecule has 1 aliphatic rings. The van der Waals surface area contributed by atoms with Gasteiger partial charge in [-0.15, -0.1) is 0 Å². The number of halogens is 2. The number of rotatable bonds is 4. The SMILES string of the molecule is O=C(Nc1c(Cl)cccc1Cl)C1CCN(S(=O)(=O)c2ccccc2)CC1. The lowest BCUT2D eigenvalue weighted by molar-refractivity contribution is -0.120. The van der Waals surface area contributed by atoms with Gasteiger partial charge in [-0.25, -0.2) is 8.42 Å². The molecule has 1 amide bonds. The van der Waals surface area contributed by atoms with Crippen molar-refractivity contribution in [1.82, 2.24) is 4.31 Å². The summed E-state index contributed by atoms with van der Waals surface area (Å²) in [7, 11) is -3.52. The predicted octanol–water partition coefficient (Wildman–Crippen LogP) is 4.03. The monoisotopic (exact) mass is 412 g/mol. The number of hydrogen-bond acceptors (Lipinski definition) is 3. The minimum Gasteiger partial charge on any atom is -0.323 e. The second-order valence-corrected chi connectivity index (χ2v) is 8.83. The van der Waals surface area contributed by atoms with Crippen LogP contribution in [0, 0.1) is 5.92 Å². The Bertz CT molecular complexity index is 876. The largest absolute Gasteiger partial charge is 0.323 e. The van der Waals surface area contributed by atoms with Crippen LogP contribution in [-0.4, -0.2) is 31.7 Å². The Morgan fingerprint density at radius 2 is 1.54 bits per heavy atom. The number of anilines is 1. The Morgan fingerprint density at radius 1 is 0.962 bits per heavy atom. The molecule has 0 aromatic heterocycles. The molecule has 138 valence electrons. The lowest BCUT2D eigenvalue weighted by Crippen LogP contribution is -2.41. The van der Waals surface area contributed by atoms with E-state index in [1.54, 1.807) is 48.5 Å². The molecule has 3 rings (SSSR count). The molecule has 1 heterocycles. The number of piperidine rings is 1. The van der Waals surface area contributed by atoms with E-state index in [-0.39, 0.29) is 16.7 Å². The summed E-state index contributed by atoms with van der Waals surface area (Å²) in [4.78, 5) is 12.8. The summed E-state index contributed by atoms with van der Waals surface area (Å²) >= 11 is 12.2. The molecule has 2 aromatic carbocycles. The molecule has 0 saturated carbocycles. The molecular weight excluding hydrogens is 395 g/mol. The second kappa shape index (κ2) is 7.96. The zero-order valence-electron chi connectivity index (χ0n) is 13.9. The zero-order valence-corrected chi connectivity index (χ0v) is 16.2. The second-order valence-electron chi connectivity index (χ2n) is 6.08. The molecule has 8 heteroatoms. The number of carbonyl (C=O) groups excluding carboxylic acids is 1. The molecular formula is C18H18Cl2N2O3S. The number of sulfonamides is 1. The lowest BCUT2D eigenvalue weighted by atomic mass is 9.97. The summed E-state index contributed by atoms with van der Waals surface area (Å²) in [6, 6.07) is 13.3. The average Bonchev–Trinajstić information content (AvgIpc) is 2.65. The molecule has 5 nitrogen and oxygen atoms in total. The summed E-state index contributed by atoms with van der Waals surface area (Å²) < 4.78 is 26.7. The van der Waals surface area contributed by atoms with E-state index in [0.29, 0.717) is 41.7 Å². The summed E-state index contributed by atoms with van der Waals surface area (Å²) in [5, 5.41) is 3.50. The van der Waals surface area contributed by atoms with Gasteiger partial charge in [0.1, 0.15) is 0 Å². The van der Waals surface area contributed by atoms with Crippen LogP contribution in [-0.2, 0) is 14.8 Å². The topological polar surface area (TPSA) is 66.5 Å². The fourth-order valence-corrected chi connectivity index (χ4v) is 4.93. The molecule has 1 saturated heterocycles. The summed E-state index contributed by atoms with van der Waals surface area (Å²) in [5.41, 5.74) is 0.389. The number of para-hydroxylation sites is 1. The van der Waals surface area contributed by atoms with Crippen molar-refractivity contribution in [3.8, 4) is 0 Å². The van der Waals surface area contributed by atoms with Crippen molar-refractivity contribution in [3.05, 3.63) is 58.6 Å². The average molecular weight is 413 g/mol. The predicted molar refractivity (Wildman–Crippen MR) is 103 cm³/mol. The Hall–Kier alpha value is -1.60. The van der Waals surface area contributed by atoms with Gasteiger partial charge in [0.2, 0.25) is 15.9 Å². The molecule has 1 N–H and O–H groups in total. The molecule has 1 aliphatic heterocycles. The third-order valence-corrected chi connectivity index (χ3v) is 6.96. The highest BCUT2D eigenvalue weighted by atomic mass is 35.5. The van der Waals surface area contributed by atoms with Gasteiger partial charge in [0.05, 0.1) is 20.6 Å². The lowest BCUT2D eigenvalue weighted by Gasteiger charge is -2.30. The molecule has 0 radical (unpaired) electrons. The van der Waals surface area contributed by atoms with Crippen LogP contribution in [0.1, 0.15) is 12.8 Å². The number of hydrogen-bond donors (Lipinski definition) is 1. The van der Waals surface area contributed by atoms with E-state index in [1.807, 2.05) is 0 Å². The first kappa shape index (κ1) is 19.2. The van der Waals surface area contributed by atoms with E-state index in [1.165, 1.54) is 4.31 Å². The van der Waals surface area contributed by atoms with Crippen molar-refractivity contribution in [2.45, 2.75) is 17.7 Å². The highest BCUT2D eigenvalue weighted by Gasteiger charge is 2.32. The maximum absolute atomic E-state index is 12.6. The van der Waals surface area contributed by atoms with E-state index in [9.17, 15) is 13.2 Å². The molecule has 26 heavy (non-hydrogen) atoms. The molecule has 0 spiro atoms. The summed E-state index contributed by atoms with van der Waals surface area (Å²) in [6.07, 6.45) is 0.889. The van der Waals surface area contributed by atoms with Gasteiger partial charge in [-0.2, -0.15) is 4.31 Å². The number of nitrogens with zero attached hydrogens (tertiary/aromatic N) is 1. The maximum Gasteiger partial charge on any atom is 0.243 e. The number of nitrogens with one attached hydrogen (secondary N) is 1. The quantitative estimate of drug-likeness (QED) is 0.823. The third-order valence-electron chi connectivity index (χ3n) is 4.42. The van der Waals surface area contributed by atoms with E-state index in [4.69, 9.17) is 23.2 Å². The van der Waals surface area contributed by atoms with Crippen LogP contribution in [0.2, 0.25) is 10.0 Å². The standard InChI is InChI=1S/C18H18Cl2N2O3S/c19-15-7-4-8-16(20)17(15)21-18(23)13-9-11-22(12-10-13)26(24,25)14-5-2-1-3-6-14/h1-8,13H,9-12H2,(H,21,23). The van der Waals surface area contributed by atoms with Crippen LogP contribution >= 0.6 is 23.2 Å². The van der Waals surface area contributed by atoms with E-state index < -0.39 is 10.0 Å². The fraction of sp³-hybridized carbons (Fsp3) is 0.278. The van der Waals surface area contributed by atoms with Crippen LogP contribution in [0.25, 0.3) is 0 Å². The smallest absolute Gasteiger partial charge is 0.243 e. The summed E-state index contributed by atoms with van der Waals surface area (Å²) in [6.45, 7) is 0.594. The van der Waals surface area contributed by atoms with Gasteiger partial charge in [0.25, 0.3) is 0 Å². The van der Waals surface area contributed by atoms with Gasteiger partial charge in [0, 0.05) is 19.0 Å². The first-order chi connectivity index (χ1) is 12.4. The fourth-order valence-electron chi connectivity index (χ4n) is 2.94. The minimum absolute atomic E-state index is 0.197. The van der Waals surface area contributed by atoms with Crippen LogP contribution < -0.4 is 5.32 Å². The first-order valence-electron chi connectivity index (χ1n) is 8.19. The normalized spacial score (nSPS) is 16.4. The van der Waals surface area contributed by atoms with Gasteiger partial charge in [-0.1, -0.05) is 47.5 Å². The van der Waals surface area contributed by atoms with Crippen LogP contribution in [0.4, 0.5) is 5.69 Å². The molecule has 1 fully saturated rings. The Labute approximate surface area is 163 Å². The van der Waals surface area contributed by atoms with E-state index >= 15 is 0 Å². The van der Waals surface area contributed by atoms with Gasteiger partial charge in [-0.05, 0) is 37.1 Å². The van der Waals surface area contributed by atoms with Crippen molar-refractivity contribution in [1.29, 1.82) is 0 Å². The van der Waals surface area contributed by atoms with Gasteiger partial charge in [0.15, 0.2) is 0 Å². The number of amides is 1. The Balaban J connectivity index is 1.64. The first-order valence-corrected chi connectivity index (χ1v) is 10.4. The highest BCUT2D eigenvalue weighted by molar-refractivity contribution is 7.89. The third kappa shape index (κ3) is 4.04. The van der Waals surface area contributed by atoms with Gasteiger partial charge in [-0.3, -0.25) is 4.79 Å². The van der Waals surface area contributed by atoms with Crippen molar-refractivity contribution < 1.29 is 13.2 Å². The number of benzene rings is 2. The highest BCUT2D eigenvalue weighted by Crippen LogP contribution is 2.31. The molecule has 0 unspecified atom stereocenters. The molecule has 0 aliphatic carbocycles. The molecule has 2 aromatic rings. The van der Waals surface area contributed by atoms with Crippen LogP contribution in [0.15, 0.2) is 53.4 Å². The zero-order chi connectivity index (χ0) is 18.7. The van der Waals surface area contributed by atoms with Crippen molar-refractivity contribution >= 4 is 44.8 Å².